The highest BCUT2D eigenvalue weighted by Crippen LogP contribution is 2.12. The average molecular weight is 284 g/mol. The van der Waals surface area contributed by atoms with Gasteiger partial charge in [0.25, 0.3) is 0 Å². The highest BCUT2D eigenvalue weighted by Gasteiger charge is 2.03. The quantitative estimate of drug-likeness (QED) is 0.783. The summed E-state index contributed by atoms with van der Waals surface area (Å²) in [5, 5.41) is 7.97. The van der Waals surface area contributed by atoms with E-state index < -0.39 is 0 Å². The third-order valence-corrected chi connectivity index (χ3v) is 4.04. The van der Waals surface area contributed by atoms with Gasteiger partial charge in [0.15, 0.2) is 0 Å². The summed E-state index contributed by atoms with van der Waals surface area (Å²) in [6.07, 6.45) is 1.99. The Morgan fingerprint density at radius 3 is 2.75 bits per heavy atom. The topological polar surface area (TPSA) is 42.7 Å². The Bertz CT molecular complexity index is 672. The van der Waals surface area contributed by atoms with Gasteiger partial charge < -0.3 is 5.32 Å². The van der Waals surface area contributed by atoms with Crippen molar-refractivity contribution in [3.05, 3.63) is 64.4 Å². The Morgan fingerprint density at radius 2 is 2.00 bits per heavy atom. The van der Waals surface area contributed by atoms with E-state index >= 15 is 0 Å². The van der Waals surface area contributed by atoms with E-state index in [4.69, 9.17) is 0 Å². The predicted octanol–water partition coefficient (Wildman–Crippen LogP) is 2.93. The Morgan fingerprint density at radius 1 is 1.15 bits per heavy atom. The second kappa shape index (κ2) is 5.98. The maximum Gasteiger partial charge on any atom is 0.0798 e. The summed E-state index contributed by atoms with van der Waals surface area (Å²) in [5.41, 5.74) is 5.11. The first-order chi connectivity index (χ1) is 9.83. The van der Waals surface area contributed by atoms with Crippen LogP contribution in [0.2, 0.25) is 0 Å². The molecule has 0 saturated carbocycles. The third-order valence-electron chi connectivity index (χ3n) is 3.10. The fourth-order valence-electron chi connectivity index (χ4n) is 1.98. The highest BCUT2D eigenvalue weighted by atomic mass is 32.1. The molecule has 0 bridgehead atoms. The Hall–Kier alpha value is -1.98. The molecule has 1 N–H and O–H groups in total. The highest BCUT2D eigenvalue weighted by molar-refractivity contribution is 7.09. The summed E-state index contributed by atoms with van der Waals surface area (Å²) < 4.78 is 1.90. The molecule has 1 aromatic carbocycles. The van der Waals surface area contributed by atoms with Crippen molar-refractivity contribution in [1.29, 1.82) is 0 Å². The number of hydrogen-bond donors (Lipinski definition) is 1. The molecule has 0 unspecified atom stereocenters. The molecule has 0 saturated heterocycles. The SMILES string of the molecule is Cc1ncsc1CNCc1ccn(-c2ccccc2)n1. The molecule has 2 aromatic heterocycles. The Kier molecular flexibility index (Phi) is 3.90. The lowest BCUT2D eigenvalue weighted by atomic mass is 10.3. The first-order valence-corrected chi connectivity index (χ1v) is 7.40. The van der Waals surface area contributed by atoms with Crippen LogP contribution in [0, 0.1) is 6.92 Å². The fourth-order valence-corrected chi connectivity index (χ4v) is 2.73. The molecular weight excluding hydrogens is 268 g/mol. The van der Waals surface area contributed by atoms with Crippen molar-refractivity contribution in [2.45, 2.75) is 20.0 Å². The van der Waals surface area contributed by atoms with Gasteiger partial charge in [0.2, 0.25) is 0 Å². The van der Waals surface area contributed by atoms with E-state index in [1.54, 1.807) is 11.3 Å². The van der Waals surface area contributed by atoms with Crippen LogP contribution in [0.1, 0.15) is 16.3 Å². The molecular formula is C15H16N4S. The number of aromatic nitrogens is 3. The van der Waals surface area contributed by atoms with Crippen molar-refractivity contribution in [3.63, 3.8) is 0 Å². The first-order valence-electron chi connectivity index (χ1n) is 6.52. The standard InChI is InChI=1S/C15H16N4S/c1-12-15(20-11-17-12)10-16-9-13-7-8-19(18-13)14-5-3-2-4-6-14/h2-8,11,16H,9-10H2,1H3. The lowest BCUT2D eigenvalue weighted by Gasteiger charge is -2.02. The number of rotatable bonds is 5. The fraction of sp³-hybridized carbons (Fsp3) is 0.200. The van der Waals surface area contributed by atoms with E-state index in [-0.39, 0.29) is 0 Å². The van der Waals surface area contributed by atoms with E-state index in [0.717, 1.165) is 30.2 Å². The molecule has 0 amide bonds. The van der Waals surface area contributed by atoms with Crippen molar-refractivity contribution in [1.82, 2.24) is 20.1 Å². The van der Waals surface area contributed by atoms with Gasteiger partial charge in [-0.25, -0.2) is 9.67 Å². The molecule has 102 valence electrons. The van der Waals surface area contributed by atoms with Crippen LogP contribution in [-0.4, -0.2) is 14.8 Å². The molecule has 20 heavy (non-hydrogen) atoms. The smallest absolute Gasteiger partial charge is 0.0798 e. The molecule has 0 atom stereocenters. The van der Waals surface area contributed by atoms with Crippen molar-refractivity contribution >= 4 is 11.3 Å². The third kappa shape index (κ3) is 2.95. The first kappa shape index (κ1) is 13.0. The van der Waals surface area contributed by atoms with Gasteiger partial charge in [-0.1, -0.05) is 18.2 Å². The molecule has 2 heterocycles. The zero-order chi connectivity index (χ0) is 13.8. The molecule has 0 aliphatic rings. The van der Waals surface area contributed by atoms with Crippen molar-refractivity contribution in [2.24, 2.45) is 0 Å². The molecule has 4 nitrogen and oxygen atoms in total. The summed E-state index contributed by atoms with van der Waals surface area (Å²) in [7, 11) is 0. The molecule has 3 rings (SSSR count). The minimum Gasteiger partial charge on any atom is -0.306 e. The summed E-state index contributed by atoms with van der Waals surface area (Å²) in [6.45, 7) is 3.64. The van der Waals surface area contributed by atoms with Crippen LogP contribution in [0.3, 0.4) is 0 Å². The number of benzene rings is 1. The molecule has 0 radical (unpaired) electrons. The molecule has 0 spiro atoms. The van der Waals surface area contributed by atoms with E-state index in [1.807, 2.05) is 59.7 Å². The minimum atomic E-state index is 0.761. The predicted molar refractivity (Wildman–Crippen MR) is 81.0 cm³/mol. The van der Waals surface area contributed by atoms with Crippen molar-refractivity contribution in [3.8, 4) is 5.69 Å². The number of para-hydroxylation sites is 1. The number of thiazole rings is 1. The normalized spacial score (nSPS) is 10.8. The van der Waals surface area contributed by atoms with Gasteiger partial charge in [-0.15, -0.1) is 11.3 Å². The van der Waals surface area contributed by atoms with Crippen LogP contribution < -0.4 is 5.32 Å². The monoisotopic (exact) mass is 284 g/mol. The molecule has 0 aliphatic carbocycles. The van der Waals surface area contributed by atoms with Gasteiger partial charge in [0.05, 0.1) is 22.6 Å². The van der Waals surface area contributed by atoms with Crippen LogP contribution in [-0.2, 0) is 13.1 Å². The van der Waals surface area contributed by atoms with Crippen molar-refractivity contribution < 1.29 is 0 Å². The largest absolute Gasteiger partial charge is 0.306 e. The van der Waals surface area contributed by atoms with Gasteiger partial charge >= 0.3 is 0 Å². The summed E-state index contributed by atoms with van der Waals surface area (Å²) in [4.78, 5) is 5.53. The second-order valence-corrected chi connectivity index (χ2v) is 5.49. The summed E-state index contributed by atoms with van der Waals surface area (Å²) in [5.74, 6) is 0. The summed E-state index contributed by atoms with van der Waals surface area (Å²) >= 11 is 1.69. The van der Waals surface area contributed by atoms with Crippen LogP contribution >= 0.6 is 11.3 Å². The van der Waals surface area contributed by atoms with Crippen LogP contribution in [0.5, 0.6) is 0 Å². The van der Waals surface area contributed by atoms with Crippen LogP contribution in [0.25, 0.3) is 5.69 Å². The second-order valence-electron chi connectivity index (χ2n) is 4.55. The minimum absolute atomic E-state index is 0.761. The van der Waals surface area contributed by atoms with E-state index in [0.29, 0.717) is 0 Å². The maximum atomic E-state index is 4.56. The van der Waals surface area contributed by atoms with Gasteiger partial charge in [0.1, 0.15) is 0 Å². The number of hydrogen-bond acceptors (Lipinski definition) is 4. The van der Waals surface area contributed by atoms with E-state index in [2.05, 4.69) is 15.4 Å². The number of aryl methyl sites for hydroxylation is 1. The van der Waals surface area contributed by atoms with Crippen LogP contribution in [0.4, 0.5) is 0 Å². The molecule has 0 fully saturated rings. The lowest BCUT2D eigenvalue weighted by molar-refractivity contribution is 0.672. The van der Waals surface area contributed by atoms with Gasteiger partial charge in [0, 0.05) is 24.2 Å². The zero-order valence-corrected chi connectivity index (χ0v) is 12.1. The number of nitrogens with zero attached hydrogens (tertiary/aromatic N) is 3. The van der Waals surface area contributed by atoms with Gasteiger partial charge in [-0.3, -0.25) is 0 Å². The van der Waals surface area contributed by atoms with Crippen LogP contribution in [0.15, 0.2) is 48.1 Å². The average Bonchev–Trinajstić information content (AvgIpc) is 3.10. The van der Waals surface area contributed by atoms with Crippen molar-refractivity contribution in [2.75, 3.05) is 0 Å². The molecule has 0 aliphatic heterocycles. The summed E-state index contributed by atoms with van der Waals surface area (Å²) in [6, 6.07) is 12.2. The Labute approximate surface area is 122 Å². The zero-order valence-electron chi connectivity index (χ0n) is 11.3. The Balaban J connectivity index is 1.59. The molecule has 5 heteroatoms. The number of nitrogens with one attached hydrogen (secondary N) is 1. The van der Waals surface area contributed by atoms with E-state index in [9.17, 15) is 0 Å². The van der Waals surface area contributed by atoms with Gasteiger partial charge in [-0.2, -0.15) is 5.10 Å². The lowest BCUT2D eigenvalue weighted by Crippen LogP contribution is -2.13. The molecule has 3 aromatic rings. The maximum absolute atomic E-state index is 4.56. The van der Waals surface area contributed by atoms with E-state index in [1.165, 1.54) is 4.88 Å². The van der Waals surface area contributed by atoms with Gasteiger partial charge in [-0.05, 0) is 25.1 Å².